The highest BCUT2D eigenvalue weighted by Crippen LogP contribution is 2.46. The van der Waals surface area contributed by atoms with Crippen molar-refractivity contribution in [3.05, 3.63) is 0 Å². The Hall–Kier alpha value is 0.0969. The summed E-state index contributed by atoms with van der Waals surface area (Å²) in [5.74, 6) is -0.801. The molecule has 0 aliphatic carbocycles. The zero-order valence-corrected chi connectivity index (χ0v) is 14.0. The summed E-state index contributed by atoms with van der Waals surface area (Å²) >= 11 is 0. The van der Waals surface area contributed by atoms with Gasteiger partial charge in [-0.15, -0.1) is 0 Å². The number of hydrogen-bond acceptors (Lipinski definition) is 3. The van der Waals surface area contributed by atoms with Crippen LogP contribution in [0.4, 0.5) is 0 Å². The first-order valence-electron chi connectivity index (χ1n) is 7.19. The van der Waals surface area contributed by atoms with Gasteiger partial charge in [0.1, 0.15) is 6.10 Å². The molecule has 108 valence electrons. The van der Waals surface area contributed by atoms with Crippen molar-refractivity contribution in [1.82, 2.24) is 0 Å². The van der Waals surface area contributed by atoms with Gasteiger partial charge in [0.2, 0.25) is 8.32 Å². The van der Waals surface area contributed by atoms with Gasteiger partial charge in [-0.1, -0.05) is 41.5 Å². The van der Waals surface area contributed by atoms with E-state index in [-0.39, 0.29) is 0 Å². The number of aliphatic hydroxyl groups is 1. The Morgan fingerprint density at radius 2 is 1.56 bits per heavy atom. The molecule has 0 spiro atoms. The zero-order valence-electron chi connectivity index (χ0n) is 13.0. The highest BCUT2D eigenvalue weighted by Gasteiger charge is 2.53. The summed E-state index contributed by atoms with van der Waals surface area (Å²) in [4.78, 5) is 0. The van der Waals surface area contributed by atoms with Gasteiger partial charge in [-0.05, 0) is 23.5 Å². The Balaban J connectivity index is 3.05. The number of hydrogen-bond donors (Lipinski definition) is 1. The summed E-state index contributed by atoms with van der Waals surface area (Å²) in [5.41, 5.74) is 1.52. The van der Waals surface area contributed by atoms with E-state index >= 15 is 0 Å². The van der Waals surface area contributed by atoms with E-state index in [0.29, 0.717) is 29.7 Å². The molecule has 0 aromatic heterocycles. The van der Waals surface area contributed by atoms with Gasteiger partial charge in [0, 0.05) is 6.42 Å². The summed E-state index contributed by atoms with van der Waals surface area (Å²) in [5, 5.41) is 10.1. The summed E-state index contributed by atoms with van der Waals surface area (Å²) in [6, 6.07) is 0. The standard InChI is InChI=1S/C14H30O3Si/c1-10(2)18(11(3)4,12(5)6)17-14(7)13(15)8-9-16-14/h10-13,15H,8-9H2,1-7H3. The normalized spacial score (nSPS) is 29.8. The SMILES string of the molecule is CC(C)[Si](OC1(C)OCCC1O)(C(C)C)C(C)C. The highest BCUT2D eigenvalue weighted by atomic mass is 28.4. The molecule has 0 radical (unpaired) electrons. The monoisotopic (exact) mass is 274 g/mol. The Bertz CT molecular complexity index is 256. The largest absolute Gasteiger partial charge is 0.387 e. The molecule has 2 unspecified atom stereocenters. The molecule has 1 aliphatic rings. The van der Waals surface area contributed by atoms with Gasteiger partial charge in [-0.25, -0.2) is 0 Å². The lowest BCUT2D eigenvalue weighted by Gasteiger charge is -2.47. The van der Waals surface area contributed by atoms with E-state index in [2.05, 4.69) is 41.5 Å². The molecule has 3 nitrogen and oxygen atoms in total. The van der Waals surface area contributed by atoms with Crippen LogP contribution in [0.1, 0.15) is 54.9 Å². The van der Waals surface area contributed by atoms with Gasteiger partial charge in [0.05, 0.1) is 6.61 Å². The molecule has 0 amide bonds. The molecule has 1 aliphatic heterocycles. The van der Waals surface area contributed by atoms with E-state index in [9.17, 15) is 5.11 Å². The van der Waals surface area contributed by atoms with Gasteiger partial charge in [-0.3, -0.25) is 0 Å². The fourth-order valence-electron chi connectivity index (χ4n) is 3.53. The third-order valence-electron chi connectivity index (χ3n) is 4.47. The highest BCUT2D eigenvalue weighted by molar-refractivity contribution is 6.77. The third-order valence-corrected chi connectivity index (χ3v) is 10.6. The van der Waals surface area contributed by atoms with Gasteiger partial charge in [-0.2, -0.15) is 0 Å². The minimum Gasteiger partial charge on any atom is -0.387 e. The number of ether oxygens (including phenoxy) is 1. The maximum absolute atomic E-state index is 10.1. The van der Waals surface area contributed by atoms with Crippen molar-refractivity contribution >= 4 is 8.32 Å². The van der Waals surface area contributed by atoms with Crippen LogP contribution in [0.5, 0.6) is 0 Å². The van der Waals surface area contributed by atoms with Crippen molar-refractivity contribution in [2.45, 2.75) is 83.4 Å². The lowest BCUT2D eigenvalue weighted by atomic mass is 10.2. The molecule has 1 saturated heterocycles. The maximum Gasteiger partial charge on any atom is 0.204 e. The molecule has 1 heterocycles. The minimum atomic E-state index is -1.99. The van der Waals surface area contributed by atoms with E-state index in [1.165, 1.54) is 0 Å². The van der Waals surface area contributed by atoms with Crippen LogP contribution in [0.25, 0.3) is 0 Å². The number of rotatable bonds is 5. The predicted octanol–water partition coefficient (Wildman–Crippen LogP) is 3.68. The van der Waals surface area contributed by atoms with Crippen molar-refractivity contribution in [1.29, 1.82) is 0 Å². The minimum absolute atomic E-state index is 0.499. The fraction of sp³-hybridized carbons (Fsp3) is 1.00. The van der Waals surface area contributed by atoms with Gasteiger partial charge >= 0.3 is 0 Å². The van der Waals surface area contributed by atoms with Crippen LogP contribution in [0, 0.1) is 0 Å². The molecule has 1 N–H and O–H groups in total. The number of aliphatic hydroxyl groups excluding tert-OH is 1. The van der Waals surface area contributed by atoms with Crippen LogP contribution < -0.4 is 0 Å². The molecule has 0 aromatic rings. The molecule has 0 bridgehead atoms. The van der Waals surface area contributed by atoms with Crippen molar-refractivity contribution in [3.8, 4) is 0 Å². The molecule has 1 rings (SSSR count). The molecule has 0 aromatic carbocycles. The Morgan fingerprint density at radius 1 is 1.11 bits per heavy atom. The van der Waals surface area contributed by atoms with E-state index < -0.39 is 20.2 Å². The molecular weight excluding hydrogens is 244 g/mol. The predicted molar refractivity (Wildman–Crippen MR) is 77.1 cm³/mol. The smallest absolute Gasteiger partial charge is 0.204 e. The average molecular weight is 274 g/mol. The molecule has 18 heavy (non-hydrogen) atoms. The summed E-state index contributed by atoms with van der Waals surface area (Å²) in [6.07, 6.45) is 0.176. The van der Waals surface area contributed by atoms with E-state index in [4.69, 9.17) is 9.16 Å². The van der Waals surface area contributed by atoms with Crippen LogP contribution in [-0.2, 0) is 9.16 Å². The van der Waals surface area contributed by atoms with Crippen LogP contribution in [-0.4, -0.2) is 31.9 Å². The molecule has 2 atom stereocenters. The summed E-state index contributed by atoms with van der Waals surface area (Å²) < 4.78 is 12.3. The van der Waals surface area contributed by atoms with E-state index in [0.717, 1.165) is 0 Å². The van der Waals surface area contributed by atoms with E-state index in [1.54, 1.807) is 0 Å². The quantitative estimate of drug-likeness (QED) is 0.777. The summed E-state index contributed by atoms with van der Waals surface area (Å²) in [7, 11) is -1.99. The van der Waals surface area contributed by atoms with Crippen LogP contribution in [0.2, 0.25) is 16.6 Å². The first kappa shape index (κ1) is 16.2. The lowest BCUT2D eigenvalue weighted by molar-refractivity contribution is -0.188. The first-order chi connectivity index (χ1) is 8.17. The Labute approximate surface area is 113 Å². The van der Waals surface area contributed by atoms with Crippen LogP contribution in [0.15, 0.2) is 0 Å². The second-order valence-corrected chi connectivity index (χ2v) is 12.0. The molecular formula is C14H30O3Si. The van der Waals surface area contributed by atoms with Crippen LogP contribution in [0.3, 0.4) is 0 Å². The van der Waals surface area contributed by atoms with Crippen molar-refractivity contribution < 1.29 is 14.3 Å². The first-order valence-corrected chi connectivity index (χ1v) is 9.33. The Kier molecular flexibility index (Phi) is 5.04. The fourth-order valence-corrected chi connectivity index (χ4v) is 9.14. The topological polar surface area (TPSA) is 38.7 Å². The zero-order chi connectivity index (χ0) is 14.1. The second kappa shape index (κ2) is 5.61. The molecule has 1 fully saturated rings. The molecule has 0 saturated carbocycles. The summed E-state index contributed by atoms with van der Waals surface area (Å²) in [6.45, 7) is 16.0. The van der Waals surface area contributed by atoms with Gasteiger partial charge < -0.3 is 14.3 Å². The van der Waals surface area contributed by atoms with Crippen LogP contribution >= 0.6 is 0 Å². The van der Waals surface area contributed by atoms with E-state index in [1.807, 2.05) is 6.92 Å². The maximum atomic E-state index is 10.1. The second-order valence-electron chi connectivity index (χ2n) is 6.59. The lowest BCUT2D eigenvalue weighted by Crippen LogP contribution is -2.56. The van der Waals surface area contributed by atoms with Crippen molar-refractivity contribution in [2.75, 3.05) is 6.61 Å². The van der Waals surface area contributed by atoms with Crippen molar-refractivity contribution in [2.24, 2.45) is 0 Å². The van der Waals surface area contributed by atoms with Crippen molar-refractivity contribution in [3.63, 3.8) is 0 Å². The third kappa shape index (κ3) is 2.67. The average Bonchev–Trinajstić information content (AvgIpc) is 2.54. The molecule has 4 heteroatoms. The van der Waals surface area contributed by atoms with Gasteiger partial charge in [0.25, 0.3) is 0 Å². The Morgan fingerprint density at radius 3 is 1.83 bits per heavy atom. The van der Waals surface area contributed by atoms with Gasteiger partial charge in [0.15, 0.2) is 5.79 Å².